The molecule has 5 nitrogen and oxygen atoms in total. The van der Waals surface area contributed by atoms with Crippen molar-refractivity contribution in [3.05, 3.63) is 59.5 Å². The van der Waals surface area contributed by atoms with Gasteiger partial charge in [-0.3, -0.25) is 9.59 Å². The molecule has 2 aromatic rings. The number of carbonyl (C=O) groups excluding carboxylic acids is 2. The van der Waals surface area contributed by atoms with Gasteiger partial charge >= 0.3 is 0 Å². The Labute approximate surface area is 136 Å². The first kappa shape index (κ1) is 16.8. The topological polar surface area (TPSA) is 62.6 Å². The quantitative estimate of drug-likeness (QED) is 0.892. The van der Waals surface area contributed by atoms with E-state index in [0.29, 0.717) is 12.1 Å². The van der Waals surface area contributed by atoms with Crippen LogP contribution in [0.25, 0.3) is 0 Å². The average molecular weight is 314 g/mol. The SMILES string of the molecule is Cc1ccc(CN(C)C(=O)C[C@H](C)NC(=O)c2ccccc2)o1. The van der Waals surface area contributed by atoms with Crippen molar-refractivity contribution in [2.45, 2.75) is 32.9 Å². The zero-order valence-electron chi connectivity index (χ0n) is 13.7. The lowest BCUT2D eigenvalue weighted by Gasteiger charge is -2.19. The van der Waals surface area contributed by atoms with Crippen LogP contribution < -0.4 is 5.32 Å². The standard InChI is InChI=1S/C18H22N2O3/c1-13(19-18(22)15-7-5-4-6-8-15)11-17(21)20(3)12-16-10-9-14(2)23-16/h4-10,13H,11-12H2,1-3H3,(H,19,22)/t13-/m0/s1. The highest BCUT2D eigenvalue weighted by Gasteiger charge is 2.17. The molecule has 0 saturated carbocycles. The normalized spacial score (nSPS) is 11.8. The van der Waals surface area contributed by atoms with Gasteiger partial charge in [0.1, 0.15) is 11.5 Å². The molecule has 0 saturated heterocycles. The van der Waals surface area contributed by atoms with Crippen LogP contribution in [0.1, 0.15) is 35.2 Å². The molecule has 0 radical (unpaired) electrons. The molecule has 0 aliphatic rings. The number of aryl methyl sites for hydroxylation is 1. The Balaban J connectivity index is 1.83. The van der Waals surface area contributed by atoms with E-state index in [4.69, 9.17) is 4.42 Å². The highest BCUT2D eigenvalue weighted by atomic mass is 16.3. The van der Waals surface area contributed by atoms with Gasteiger partial charge in [-0.05, 0) is 38.1 Å². The second kappa shape index (κ2) is 7.63. The fourth-order valence-corrected chi connectivity index (χ4v) is 2.26. The van der Waals surface area contributed by atoms with E-state index in [-0.39, 0.29) is 24.3 Å². The summed E-state index contributed by atoms with van der Waals surface area (Å²) in [6, 6.07) is 12.5. The second-order valence-electron chi connectivity index (χ2n) is 5.71. The molecule has 0 unspecified atom stereocenters. The maximum atomic E-state index is 12.2. The smallest absolute Gasteiger partial charge is 0.251 e. The number of furan rings is 1. The minimum Gasteiger partial charge on any atom is -0.464 e. The molecule has 23 heavy (non-hydrogen) atoms. The van der Waals surface area contributed by atoms with Crippen LogP contribution in [0.3, 0.4) is 0 Å². The fourth-order valence-electron chi connectivity index (χ4n) is 2.26. The molecular weight excluding hydrogens is 292 g/mol. The number of rotatable bonds is 6. The summed E-state index contributed by atoms with van der Waals surface area (Å²) in [6.45, 7) is 4.11. The first-order valence-corrected chi connectivity index (χ1v) is 7.61. The molecule has 5 heteroatoms. The lowest BCUT2D eigenvalue weighted by atomic mass is 10.1. The minimum atomic E-state index is -0.240. The van der Waals surface area contributed by atoms with Gasteiger partial charge in [0.25, 0.3) is 5.91 Å². The molecule has 1 heterocycles. The minimum absolute atomic E-state index is 0.0417. The summed E-state index contributed by atoms with van der Waals surface area (Å²) in [5, 5.41) is 2.84. The van der Waals surface area contributed by atoms with Crippen molar-refractivity contribution in [1.29, 1.82) is 0 Å². The predicted octanol–water partition coefficient (Wildman–Crippen LogP) is 2.76. The summed E-state index contributed by atoms with van der Waals surface area (Å²) in [7, 11) is 1.73. The van der Waals surface area contributed by atoms with Gasteiger partial charge in [-0.1, -0.05) is 18.2 Å². The maximum Gasteiger partial charge on any atom is 0.251 e. The zero-order chi connectivity index (χ0) is 16.8. The maximum absolute atomic E-state index is 12.2. The van der Waals surface area contributed by atoms with Gasteiger partial charge in [0, 0.05) is 25.1 Å². The molecule has 0 aliphatic heterocycles. The number of benzene rings is 1. The van der Waals surface area contributed by atoms with E-state index in [2.05, 4.69) is 5.32 Å². The van der Waals surface area contributed by atoms with Crippen molar-refractivity contribution in [2.24, 2.45) is 0 Å². The first-order chi connectivity index (χ1) is 11.0. The number of amides is 2. The van der Waals surface area contributed by atoms with Crippen LogP contribution in [0.2, 0.25) is 0 Å². The Hall–Kier alpha value is -2.56. The highest BCUT2D eigenvalue weighted by Crippen LogP contribution is 2.10. The molecule has 1 aromatic heterocycles. The third-order valence-electron chi connectivity index (χ3n) is 3.51. The number of nitrogens with one attached hydrogen (secondary N) is 1. The molecule has 0 aliphatic carbocycles. The fraction of sp³-hybridized carbons (Fsp3) is 0.333. The Bertz CT molecular complexity index is 664. The molecule has 122 valence electrons. The summed E-state index contributed by atoms with van der Waals surface area (Å²) < 4.78 is 5.47. The summed E-state index contributed by atoms with van der Waals surface area (Å²) >= 11 is 0. The van der Waals surface area contributed by atoms with E-state index in [1.54, 1.807) is 24.1 Å². The largest absolute Gasteiger partial charge is 0.464 e. The number of hydrogen-bond acceptors (Lipinski definition) is 3. The molecule has 2 amide bonds. The second-order valence-corrected chi connectivity index (χ2v) is 5.71. The van der Waals surface area contributed by atoms with Crippen molar-refractivity contribution in [2.75, 3.05) is 7.05 Å². The van der Waals surface area contributed by atoms with Gasteiger partial charge in [-0.15, -0.1) is 0 Å². The van der Waals surface area contributed by atoms with Crippen LogP contribution in [0.4, 0.5) is 0 Å². The summed E-state index contributed by atoms with van der Waals surface area (Å²) in [6.07, 6.45) is 0.245. The van der Waals surface area contributed by atoms with Crippen molar-refractivity contribution < 1.29 is 14.0 Å². The number of carbonyl (C=O) groups is 2. The Morgan fingerprint density at radius 3 is 2.48 bits per heavy atom. The monoisotopic (exact) mass is 314 g/mol. The molecule has 0 bridgehead atoms. The van der Waals surface area contributed by atoms with E-state index >= 15 is 0 Å². The van der Waals surface area contributed by atoms with Crippen LogP contribution in [-0.2, 0) is 11.3 Å². The average Bonchev–Trinajstić information content (AvgIpc) is 2.93. The van der Waals surface area contributed by atoms with E-state index in [1.165, 1.54) is 0 Å². The highest BCUT2D eigenvalue weighted by molar-refractivity contribution is 5.94. The molecule has 1 atom stereocenters. The predicted molar refractivity (Wildman–Crippen MR) is 87.9 cm³/mol. The third-order valence-corrected chi connectivity index (χ3v) is 3.51. The molecule has 0 spiro atoms. The van der Waals surface area contributed by atoms with Gasteiger partial charge in [-0.2, -0.15) is 0 Å². The van der Waals surface area contributed by atoms with Crippen LogP contribution in [0, 0.1) is 6.92 Å². The van der Waals surface area contributed by atoms with Gasteiger partial charge in [0.2, 0.25) is 5.91 Å². The summed E-state index contributed by atoms with van der Waals surface area (Å²) in [5.74, 6) is 1.36. The third kappa shape index (κ3) is 4.98. The van der Waals surface area contributed by atoms with E-state index in [1.807, 2.05) is 44.2 Å². The lowest BCUT2D eigenvalue weighted by molar-refractivity contribution is -0.131. The van der Waals surface area contributed by atoms with Gasteiger partial charge < -0.3 is 14.6 Å². The van der Waals surface area contributed by atoms with Crippen LogP contribution in [0.5, 0.6) is 0 Å². The van der Waals surface area contributed by atoms with Crippen LogP contribution in [0.15, 0.2) is 46.9 Å². The lowest BCUT2D eigenvalue weighted by Crippen LogP contribution is -2.37. The van der Waals surface area contributed by atoms with Crippen LogP contribution in [-0.4, -0.2) is 29.8 Å². The van der Waals surface area contributed by atoms with Crippen LogP contribution >= 0.6 is 0 Å². The Morgan fingerprint density at radius 1 is 1.17 bits per heavy atom. The van der Waals surface area contributed by atoms with Gasteiger partial charge in [-0.25, -0.2) is 0 Å². The van der Waals surface area contributed by atoms with Gasteiger partial charge in [0.15, 0.2) is 0 Å². The summed E-state index contributed by atoms with van der Waals surface area (Å²) in [5.41, 5.74) is 0.589. The molecule has 2 rings (SSSR count). The molecular formula is C18H22N2O3. The van der Waals surface area contributed by atoms with E-state index in [9.17, 15) is 9.59 Å². The Morgan fingerprint density at radius 2 is 1.87 bits per heavy atom. The van der Waals surface area contributed by atoms with Crippen molar-refractivity contribution in [1.82, 2.24) is 10.2 Å². The number of hydrogen-bond donors (Lipinski definition) is 1. The molecule has 1 aromatic carbocycles. The molecule has 0 fully saturated rings. The Kier molecular flexibility index (Phi) is 5.57. The van der Waals surface area contributed by atoms with Crippen molar-refractivity contribution in [3.8, 4) is 0 Å². The van der Waals surface area contributed by atoms with E-state index < -0.39 is 0 Å². The molecule has 1 N–H and O–H groups in total. The van der Waals surface area contributed by atoms with Crippen molar-refractivity contribution >= 4 is 11.8 Å². The zero-order valence-corrected chi connectivity index (χ0v) is 13.7. The number of nitrogens with zero attached hydrogens (tertiary/aromatic N) is 1. The summed E-state index contributed by atoms with van der Waals surface area (Å²) in [4.78, 5) is 25.9. The van der Waals surface area contributed by atoms with Crippen molar-refractivity contribution in [3.63, 3.8) is 0 Å². The first-order valence-electron chi connectivity index (χ1n) is 7.61. The van der Waals surface area contributed by atoms with Gasteiger partial charge in [0.05, 0.1) is 6.54 Å². The van der Waals surface area contributed by atoms with E-state index in [0.717, 1.165) is 11.5 Å².